The molecular formula is C18H15N3O6S. The van der Waals surface area contributed by atoms with Crippen molar-refractivity contribution in [3.8, 4) is 5.69 Å². The number of esters is 1. The second-order valence-electron chi connectivity index (χ2n) is 5.83. The van der Waals surface area contributed by atoms with Gasteiger partial charge in [0, 0.05) is 29.7 Å². The van der Waals surface area contributed by atoms with Crippen molar-refractivity contribution in [1.82, 2.24) is 9.47 Å². The number of rotatable bonds is 5. The van der Waals surface area contributed by atoms with E-state index in [0.717, 1.165) is 16.7 Å². The minimum atomic E-state index is -1.02. The van der Waals surface area contributed by atoms with Crippen LogP contribution in [0.2, 0.25) is 0 Å². The molecule has 0 N–H and O–H groups in total. The number of hydrogen-bond donors (Lipinski definition) is 0. The molecule has 1 aliphatic heterocycles. The van der Waals surface area contributed by atoms with Gasteiger partial charge in [0.05, 0.1) is 16.9 Å². The molecule has 0 spiro atoms. The average molecular weight is 401 g/mol. The zero-order chi connectivity index (χ0) is 20.4. The molecule has 1 aromatic carbocycles. The van der Waals surface area contributed by atoms with Crippen molar-refractivity contribution >= 4 is 40.6 Å². The Labute approximate surface area is 163 Å². The third-order valence-corrected chi connectivity index (χ3v) is 5.03. The Kier molecular flexibility index (Phi) is 5.32. The number of methoxy groups -OCH3 is 1. The maximum absolute atomic E-state index is 12.6. The Bertz CT molecular complexity index is 995. The van der Waals surface area contributed by atoms with Crippen molar-refractivity contribution in [2.45, 2.75) is 13.0 Å². The van der Waals surface area contributed by atoms with E-state index in [1.54, 1.807) is 35.0 Å². The van der Waals surface area contributed by atoms with E-state index in [-0.39, 0.29) is 10.6 Å². The zero-order valence-corrected chi connectivity index (χ0v) is 15.7. The summed E-state index contributed by atoms with van der Waals surface area (Å²) in [5.41, 5.74) is 1.23. The fourth-order valence-corrected chi connectivity index (χ4v) is 3.60. The van der Waals surface area contributed by atoms with Gasteiger partial charge in [-0.05, 0) is 49.0 Å². The molecule has 2 heterocycles. The molecule has 0 unspecified atom stereocenters. The van der Waals surface area contributed by atoms with E-state index in [2.05, 4.69) is 4.74 Å². The number of aromatic nitrogens is 1. The summed E-state index contributed by atoms with van der Waals surface area (Å²) < 4.78 is 6.32. The van der Waals surface area contributed by atoms with E-state index in [1.807, 2.05) is 0 Å². The van der Waals surface area contributed by atoms with E-state index in [0.29, 0.717) is 11.4 Å². The number of thioether (sulfide) groups is 1. The van der Waals surface area contributed by atoms with Crippen LogP contribution < -0.4 is 0 Å². The van der Waals surface area contributed by atoms with Crippen LogP contribution in [0.15, 0.2) is 47.5 Å². The molecule has 2 amide bonds. The number of hydrogen-bond acceptors (Lipinski definition) is 7. The van der Waals surface area contributed by atoms with Crippen LogP contribution in [0.3, 0.4) is 0 Å². The van der Waals surface area contributed by atoms with Crippen LogP contribution in [0.25, 0.3) is 11.8 Å². The second kappa shape index (κ2) is 7.69. The summed E-state index contributed by atoms with van der Waals surface area (Å²) >= 11 is 0.735. The molecule has 28 heavy (non-hydrogen) atoms. The normalized spacial score (nSPS) is 16.5. The third kappa shape index (κ3) is 3.54. The first-order chi connectivity index (χ1) is 13.3. The van der Waals surface area contributed by atoms with Crippen molar-refractivity contribution in [3.05, 3.63) is 63.3 Å². The van der Waals surface area contributed by atoms with E-state index in [1.165, 1.54) is 32.2 Å². The first-order valence-electron chi connectivity index (χ1n) is 8.10. The quantitative estimate of drug-likeness (QED) is 0.328. The molecular weight excluding hydrogens is 386 g/mol. The number of nitrogens with zero attached hydrogens (tertiary/aromatic N) is 3. The van der Waals surface area contributed by atoms with Crippen LogP contribution in [0.4, 0.5) is 10.5 Å². The van der Waals surface area contributed by atoms with Gasteiger partial charge in [0.15, 0.2) is 0 Å². The number of carbonyl (C=O) groups is 3. The minimum Gasteiger partial charge on any atom is -0.467 e. The van der Waals surface area contributed by atoms with E-state index >= 15 is 0 Å². The first kappa shape index (κ1) is 19.4. The molecule has 1 aliphatic rings. The zero-order valence-electron chi connectivity index (χ0n) is 14.9. The van der Waals surface area contributed by atoms with Crippen LogP contribution in [-0.2, 0) is 14.3 Å². The highest BCUT2D eigenvalue weighted by Gasteiger charge is 2.41. The average Bonchev–Trinajstić information content (AvgIpc) is 3.25. The van der Waals surface area contributed by atoms with Crippen molar-refractivity contribution < 1.29 is 24.0 Å². The summed E-state index contributed by atoms with van der Waals surface area (Å²) in [4.78, 5) is 47.8. The van der Waals surface area contributed by atoms with E-state index < -0.39 is 28.1 Å². The lowest BCUT2D eigenvalue weighted by molar-refractivity contribution is -0.384. The van der Waals surface area contributed by atoms with Gasteiger partial charge in [0.2, 0.25) is 0 Å². The van der Waals surface area contributed by atoms with Crippen molar-refractivity contribution in [2.24, 2.45) is 0 Å². The molecule has 1 saturated heterocycles. The van der Waals surface area contributed by atoms with Crippen molar-refractivity contribution in [1.29, 1.82) is 0 Å². The van der Waals surface area contributed by atoms with Gasteiger partial charge in [-0.2, -0.15) is 0 Å². The summed E-state index contributed by atoms with van der Waals surface area (Å²) in [6, 6.07) is 8.38. The Morgan fingerprint density at radius 3 is 2.54 bits per heavy atom. The molecule has 9 nitrogen and oxygen atoms in total. The molecule has 1 atom stereocenters. The van der Waals surface area contributed by atoms with Crippen molar-refractivity contribution in [3.63, 3.8) is 0 Å². The predicted octanol–water partition coefficient (Wildman–Crippen LogP) is 2.98. The number of non-ortho nitro benzene ring substituents is 1. The van der Waals surface area contributed by atoms with E-state index in [9.17, 15) is 24.5 Å². The molecule has 1 fully saturated rings. The standard InChI is InChI=1S/C18H15N3O6S/c1-11(17(23)27-2)20-16(22)15(28-18(20)24)10-14-4-3-9-19(14)12-5-7-13(8-6-12)21(25)26/h3-11H,1-2H3/b15-10+/t11-/m1/s1. The van der Waals surface area contributed by atoms with Gasteiger partial charge in [-0.1, -0.05) is 0 Å². The number of nitro benzene ring substituents is 1. The Balaban J connectivity index is 1.90. The van der Waals surface area contributed by atoms with Crippen LogP contribution in [0.5, 0.6) is 0 Å². The Hall–Kier alpha value is -3.40. The van der Waals surface area contributed by atoms with Gasteiger partial charge in [0.25, 0.3) is 16.8 Å². The molecule has 144 valence electrons. The number of carbonyl (C=O) groups excluding carboxylic acids is 3. The molecule has 0 bridgehead atoms. The molecule has 2 aromatic rings. The van der Waals surface area contributed by atoms with Gasteiger partial charge >= 0.3 is 5.97 Å². The lowest BCUT2D eigenvalue weighted by atomic mass is 10.2. The topological polar surface area (TPSA) is 112 Å². The summed E-state index contributed by atoms with van der Waals surface area (Å²) in [6.45, 7) is 1.42. The Morgan fingerprint density at radius 2 is 1.93 bits per heavy atom. The molecule has 0 saturated carbocycles. The molecule has 0 aliphatic carbocycles. The molecule has 0 radical (unpaired) electrons. The highest BCUT2D eigenvalue weighted by molar-refractivity contribution is 8.18. The number of benzene rings is 1. The van der Waals surface area contributed by atoms with Gasteiger partial charge in [-0.3, -0.25) is 24.6 Å². The minimum absolute atomic E-state index is 0.0321. The summed E-state index contributed by atoms with van der Waals surface area (Å²) in [5.74, 6) is -1.26. The highest BCUT2D eigenvalue weighted by Crippen LogP contribution is 2.34. The number of nitro groups is 1. The van der Waals surface area contributed by atoms with Gasteiger partial charge < -0.3 is 9.30 Å². The molecule has 1 aromatic heterocycles. The highest BCUT2D eigenvalue weighted by atomic mass is 32.2. The molecule has 3 rings (SSSR count). The predicted molar refractivity (Wildman–Crippen MR) is 102 cm³/mol. The number of ether oxygens (including phenoxy) is 1. The maximum atomic E-state index is 12.6. The van der Waals surface area contributed by atoms with Crippen LogP contribution in [-0.4, -0.2) is 44.7 Å². The largest absolute Gasteiger partial charge is 0.467 e. The first-order valence-corrected chi connectivity index (χ1v) is 8.92. The molecule has 10 heteroatoms. The number of imide groups is 1. The van der Waals surface area contributed by atoms with Gasteiger partial charge in [-0.25, -0.2) is 4.79 Å². The van der Waals surface area contributed by atoms with Crippen LogP contribution in [0.1, 0.15) is 12.6 Å². The van der Waals surface area contributed by atoms with Crippen LogP contribution >= 0.6 is 11.8 Å². The lowest BCUT2D eigenvalue weighted by Gasteiger charge is -2.18. The smallest absolute Gasteiger partial charge is 0.328 e. The second-order valence-corrected chi connectivity index (χ2v) is 6.82. The fourth-order valence-electron chi connectivity index (χ4n) is 2.71. The fraction of sp³-hybridized carbons (Fsp3) is 0.167. The monoisotopic (exact) mass is 401 g/mol. The maximum Gasteiger partial charge on any atom is 0.328 e. The van der Waals surface area contributed by atoms with Gasteiger partial charge in [0.1, 0.15) is 6.04 Å². The summed E-state index contributed by atoms with van der Waals surface area (Å²) in [5, 5.41) is 10.2. The van der Waals surface area contributed by atoms with Crippen molar-refractivity contribution in [2.75, 3.05) is 7.11 Å². The van der Waals surface area contributed by atoms with E-state index in [4.69, 9.17) is 0 Å². The van der Waals surface area contributed by atoms with Gasteiger partial charge in [-0.15, -0.1) is 0 Å². The SMILES string of the molecule is COC(=O)[C@@H](C)N1C(=O)S/C(=C/c2cccn2-c2ccc([N+](=O)[O-])cc2)C1=O. The van der Waals surface area contributed by atoms with Crippen LogP contribution in [0, 0.1) is 10.1 Å². The summed E-state index contributed by atoms with van der Waals surface area (Å²) in [7, 11) is 1.19. The lowest BCUT2D eigenvalue weighted by Crippen LogP contribution is -2.42. The number of amides is 2. The summed E-state index contributed by atoms with van der Waals surface area (Å²) in [6.07, 6.45) is 3.27. The third-order valence-electron chi connectivity index (χ3n) is 4.15. The Morgan fingerprint density at radius 1 is 1.25 bits per heavy atom.